The first kappa shape index (κ1) is 18.9. The molecule has 0 spiro atoms. The van der Waals surface area contributed by atoms with Crippen molar-refractivity contribution in [3.05, 3.63) is 0 Å². The van der Waals surface area contributed by atoms with E-state index >= 15 is 0 Å². The maximum Gasteiger partial charge on any atom is 0.0103 e. The third-order valence-corrected chi connectivity index (χ3v) is 4.45. The van der Waals surface area contributed by atoms with Crippen LogP contribution in [0.25, 0.3) is 0 Å². The molecule has 0 amide bonds. The van der Waals surface area contributed by atoms with Crippen LogP contribution in [0.5, 0.6) is 0 Å². The van der Waals surface area contributed by atoms with Gasteiger partial charge in [-0.1, -0.05) is 54.9 Å². The van der Waals surface area contributed by atoms with E-state index < -0.39 is 0 Å². The first-order valence-corrected chi connectivity index (χ1v) is 7.94. The summed E-state index contributed by atoms with van der Waals surface area (Å²) in [5.41, 5.74) is 7.08. The fraction of sp³-hybridized carbons (Fsp3) is 1.00. The van der Waals surface area contributed by atoms with Crippen LogP contribution >= 0.6 is 0 Å². The Morgan fingerprint density at radius 1 is 1.11 bits per heavy atom. The van der Waals surface area contributed by atoms with Crippen molar-refractivity contribution in [3.63, 3.8) is 0 Å². The predicted molar refractivity (Wildman–Crippen MR) is 87.4 cm³/mol. The first-order chi connectivity index (χ1) is 8.50. The van der Waals surface area contributed by atoms with Gasteiger partial charge in [-0.15, -0.1) is 0 Å². The van der Waals surface area contributed by atoms with E-state index in [1.54, 1.807) is 0 Å². The molecule has 1 unspecified atom stereocenters. The highest BCUT2D eigenvalue weighted by Gasteiger charge is 2.29. The SMILES string of the molecule is CCC(C)(C)CCC(N)C(C)(C)CN(C)CC(C)C. The smallest absolute Gasteiger partial charge is 0.0103 e. The summed E-state index contributed by atoms with van der Waals surface area (Å²) in [6.07, 6.45) is 3.58. The van der Waals surface area contributed by atoms with Crippen LogP contribution in [-0.2, 0) is 0 Å². The van der Waals surface area contributed by atoms with Gasteiger partial charge in [-0.3, -0.25) is 0 Å². The van der Waals surface area contributed by atoms with Gasteiger partial charge in [0.1, 0.15) is 0 Å². The molecule has 19 heavy (non-hydrogen) atoms. The summed E-state index contributed by atoms with van der Waals surface area (Å²) in [4.78, 5) is 2.43. The van der Waals surface area contributed by atoms with E-state index in [2.05, 4.69) is 60.4 Å². The van der Waals surface area contributed by atoms with Gasteiger partial charge in [0.2, 0.25) is 0 Å². The third kappa shape index (κ3) is 7.94. The molecule has 0 saturated heterocycles. The van der Waals surface area contributed by atoms with Crippen molar-refractivity contribution in [2.75, 3.05) is 20.1 Å². The zero-order valence-electron chi connectivity index (χ0n) is 14.7. The topological polar surface area (TPSA) is 29.3 Å². The highest BCUT2D eigenvalue weighted by Crippen LogP contribution is 2.31. The lowest BCUT2D eigenvalue weighted by Gasteiger charge is -2.37. The minimum Gasteiger partial charge on any atom is -0.327 e. The van der Waals surface area contributed by atoms with Crippen molar-refractivity contribution in [2.45, 2.75) is 73.8 Å². The van der Waals surface area contributed by atoms with Crippen molar-refractivity contribution in [1.29, 1.82) is 0 Å². The second kappa shape index (κ2) is 7.64. The molecule has 0 aliphatic carbocycles. The van der Waals surface area contributed by atoms with Crippen molar-refractivity contribution in [2.24, 2.45) is 22.5 Å². The van der Waals surface area contributed by atoms with Gasteiger partial charge >= 0.3 is 0 Å². The Kier molecular flexibility index (Phi) is 7.60. The lowest BCUT2D eigenvalue weighted by atomic mass is 9.77. The van der Waals surface area contributed by atoms with Gasteiger partial charge < -0.3 is 10.6 Å². The second-order valence-corrected chi connectivity index (χ2v) is 8.24. The summed E-state index contributed by atoms with van der Waals surface area (Å²) in [5.74, 6) is 0.719. The van der Waals surface area contributed by atoms with Gasteiger partial charge in [-0.05, 0) is 36.6 Å². The number of hydrogen-bond acceptors (Lipinski definition) is 2. The molecule has 0 aromatic rings. The minimum atomic E-state index is 0.188. The maximum atomic E-state index is 6.47. The molecule has 1 atom stereocenters. The van der Waals surface area contributed by atoms with Crippen LogP contribution in [0.1, 0.15) is 67.7 Å². The lowest BCUT2D eigenvalue weighted by molar-refractivity contribution is 0.150. The highest BCUT2D eigenvalue weighted by atomic mass is 15.1. The molecule has 0 aliphatic heterocycles. The molecule has 0 saturated carbocycles. The molecule has 0 rings (SSSR count). The van der Waals surface area contributed by atoms with E-state index in [4.69, 9.17) is 5.73 Å². The number of nitrogens with two attached hydrogens (primary N) is 1. The average molecular weight is 271 g/mol. The van der Waals surface area contributed by atoms with Crippen molar-refractivity contribution in [1.82, 2.24) is 4.90 Å². The van der Waals surface area contributed by atoms with Crippen LogP contribution in [0.2, 0.25) is 0 Å². The monoisotopic (exact) mass is 270 g/mol. The van der Waals surface area contributed by atoms with Crippen LogP contribution in [0.4, 0.5) is 0 Å². The largest absolute Gasteiger partial charge is 0.327 e. The molecule has 2 N–H and O–H groups in total. The molecular formula is C17H38N2. The number of rotatable bonds is 9. The molecule has 0 heterocycles. The Morgan fingerprint density at radius 2 is 1.63 bits per heavy atom. The summed E-state index contributed by atoms with van der Waals surface area (Å²) >= 11 is 0. The quantitative estimate of drug-likeness (QED) is 0.682. The van der Waals surface area contributed by atoms with Gasteiger partial charge in [-0.25, -0.2) is 0 Å². The molecule has 0 fully saturated rings. The zero-order chi connectivity index (χ0) is 15.3. The average Bonchev–Trinajstić information content (AvgIpc) is 2.23. The number of hydrogen-bond donors (Lipinski definition) is 1. The van der Waals surface area contributed by atoms with Crippen LogP contribution < -0.4 is 5.73 Å². The Labute approximate surface area is 122 Å². The highest BCUT2D eigenvalue weighted by molar-refractivity contribution is 4.85. The zero-order valence-corrected chi connectivity index (χ0v) is 14.7. The second-order valence-electron chi connectivity index (χ2n) is 8.24. The van der Waals surface area contributed by atoms with Gasteiger partial charge in [0, 0.05) is 19.1 Å². The molecule has 0 aliphatic rings. The van der Waals surface area contributed by atoms with Crippen LogP contribution in [0.3, 0.4) is 0 Å². The van der Waals surface area contributed by atoms with Crippen molar-refractivity contribution < 1.29 is 0 Å². The fourth-order valence-corrected chi connectivity index (χ4v) is 2.61. The molecular weight excluding hydrogens is 232 g/mol. The van der Waals surface area contributed by atoms with E-state index in [9.17, 15) is 0 Å². The fourth-order valence-electron chi connectivity index (χ4n) is 2.61. The third-order valence-electron chi connectivity index (χ3n) is 4.45. The van der Waals surface area contributed by atoms with E-state index in [0.29, 0.717) is 5.41 Å². The molecule has 2 nitrogen and oxygen atoms in total. The summed E-state index contributed by atoms with van der Waals surface area (Å²) < 4.78 is 0. The number of nitrogens with zero attached hydrogens (tertiary/aromatic N) is 1. The van der Waals surface area contributed by atoms with Crippen LogP contribution in [0.15, 0.2) is 0 Å². The van der Waals surface area contributed by atoms with E-state index in [0.717, 1.165) is 25.4 Å². The van der Waals surface area contributed by atoms with Crippen molar-refractivity contribution >= 4 is 0 Å². The van der Waals surface area contributed by atoms with Gasteiger partial charge in [0.25, 0.3) is 0 Å². The standard InChI is InChI=1S/C17H38N2/c1-9-16(4,5)11-10-15(18)17(6,7)13-19(8)12-14(2)3/h14-15H,9-13,18H2,1-8H3. The minimum absolute atomic E-state index is 0.188. The Balaban J connectivity index is 4.31. The molecule has 2 heteroatoms. The molecule has 0 aromatic carbocycles. The summed E-state index contributed by atoms with van der Waals surface area (Å²) in [6.45, 7) is 18.4. The van der Waals surface area contributed by atoms with Gasteiger partial charge in [-0.2, -0.15) is 0 Å². The lowest BCUT2D eigenvalue weighted by Crippen LogP contribution is -2.45. The summed E-state index contributed by atoms with van der Waals surface area (Å²) in [5, 5.41) is 0. The molecule has 0 radical (unpaired) electrons. The molecule has 0 aromatic heterocycles. The maximum absolute atomic E-state index is 6.47. The first-order valence-electron chi connectivity index (χ1n) is 7.94. The van der Waals surface area contributed by atoms with Crippen LogP contribution in [0, 0.1) is 16.7 Å². The summed E-state index contributed by atoms with van der Waals surface area (Å²) in [7, 11) is 2.21. The van der Waals surface area contributed by atoms with E-state index in [1.165, 1.54) is 12.8 Å². The van der Waals surface area contributed by atoms with Crippen molar-refractivity contribution in [3.8, 4) is 0 Å². The predicted octanol–water partition coefficient (Wildman–Crippen LogP) is 4.14. The van der Waals surface area contributed by atoms with E-state index in [1.807, 2.05) is 0 Å². The summed E-state index contributed by atoms with van der Waals surface area (Å²) in [6, 6.07) is 0.285. The Hall–Kier alpha value is -0.0800. The molecule has 0 bridgehead atoms. The van der Waals surface area contributed by atoms with Gasteiger partial charge in [0.05, 0.1) is 0 Å². The Morgan fingerprint density at radius 3 is 2.05 bits per heavy atom. The van der Waals surface area contributed by atoms with Crippen LogP contribution in [-0.4, -0.2) is 31.1 Å². The molecule has 116 valence electrons. The van der Waals surface area contributed by atoms with Gasteiger partial charge in [0.15, 0.2) is 0 Å². The van der Waals surface area contributed by atoms with E-state index in [-0.39, 0.29) is 11.5 Å². The normalized spacial score (nSPS) is 15.3. The Bertz CT molecular complexity index is 244.